The summed E-state index contributed by atoms with van der Waals surface area (Å²) < 4.78 is 0. The maximum absolute atomic E-state index is 4.02. The number of aryl methyl sites for hydroxylation is 1. The highest BCUT2D eigenvalue weighted by Gasteiger charge is 1.87. The normalized spacial score (nSPS) is 8.83. The fraction of sp³-hybridized carbons (Fsp3) is 0.273. The van der Waals surface area contributed by atoms with Crippen LogP contribution in [0.25, 0.3) is 0 Å². The van der Waals surface area contributed by atoms with Crippen molar-refractivity contribution in [3.05, 3.63) is 35.4 Å². The predicted molar refractivity (Wildman–Crippen MR) is 56.6 cm³/mol. The number of hydrogen-bond acceptors (Lipinski definition) is 1. The minimum atomic E-state index is 0.621. The molecule has 1 aromatic carbocycles. The summed E-state index contributed by atoms with van der Waals surface area (Å²) in [6.07, 6.45) is 1.08. The summed E-state index contributed by atoms with van der Waals surface area (Å²) in [5.41, 5.74) is 2.42. The summed E-state index contributed by atoms with van der Waals surface area (Å²) in [6, 6.07) is 8.33. The lowest BCUT2D eigenvalue weighted by Crippen LogP contribution is -1.79. The minimum absolute atomic E-state index is 0.621. The summed E-state index contributed by atoms with van der Waals surface area (Å²) in [4.78, 5) is 0. The third kappa shape index (κ3) is 2.64. The molecule has 0 nitrogen and oxygen atoms in total. The van der Waals surface area contributed by atoms with E-state index in [1.165, 1.54) is 5.56 Å². The van der Waals surface area contributed by atoms with E-state index in [9.17, 15) is 0 Å². The Labute approximate surface area is 79.4 Å². The Bertz CT molecular complexity index is 287. The van der Waals surface area contributed by atoms with Crippen LogP contribution in [-0.4, -0.2) is 5.75 Å². The first-order valence-electron chi connectivity index (χ1n) is 4.05. The van der Waals surface area contributed by atoms with Crippen LogP contribution in [0.2, 0.25) is 0 Å². The van der Waals surface area contributed by atoms with Gasteiger partial charge in [0.1, 0.15) is 0 Å². The molecule has 0 radical (unpaired) electrons. The van der Waals surface area contributed by atoms with Crippen molar-refractivity contribution in [3.8, 4) is 11.8 Å². The summed E-state index contributed by atoms with van der Waals surface area (Å²) >= 11 is 4.02. The maximum Gasteiger partial charge on any atom is 0.0521 e. The summed E-state index contributed by atoms with van der Waals surface area (Å²) in [7, 11) is 0. The van der Waals surface area contributed by atoms with Crippen LogP contribution in [0.15, 0.2) is 24.3 Å². The van der Waals surface area contributed by atoms with Gasteiger partial charge in [-0.2, -0.15) is 12.6 Å². The number of rotatable bonds is 1. The first kappa shape index (κ1) is 9.22. The second kappa shape index (κ2) is 4.90. The molecule has 0 aliphatic heterocycles. The third-order valence-corrected chi connectivity index (χ3v) is 1.83. The van der Waals surface area contributed by atoms with Gasteiger partial charge in [0.2, 0.25) is 0 Å². The molecule has 12 heavy (non-hydrogen) atoms. The van der Waals surface area contributed by atoms with Crippen LogP contribution in [0, 0.1) is 11.8 Å². The fourth-order valence-electron chi connectivity index (χ4n) is 0.965. The zero-order chi connectivity index (χ0) is 8.81. The first-order valence-corrected chi connectivity index (χ1v) is 4.68. The molecule has 0 N–H and O–H groups in total. The molecule has 1 aromatic rings. The molecule has 0 aliphatic rings. The van der Waals surface area contributed by atoms with E-state index in [0.29, 0.717) is 5.75 Å². The van der Waals surface area contributed by atoms with E-state index in [1.54, 1.807) is 0 Å². The van der Waals surface area contributed by atoms with Crippen LogP contribution in [-0.2, 0) is 6.42 Å². The van der Waals surface area contributed by atoms with Crippen LogP contribution in [0.1, 0.15) is 18.1 Å². The van der Waals surface area contributed by atoms with Crippen molar-refractivity contribution in [2.45, 2.75) is 13.3 Å². The van der Waals surface area contributed by atoms with Gasteiger partial charge in [-0.15, -0.1) is 0 Å². The Kier molecular flexibility index (Phi) is 3.76. The molecule has 0 heterocycles. The highest BCUT2D eigenvalue weighted by atomic mass is 32.1. The van der Waals surface area contributed by atoms with Gasteiger partial charge >= 0.3 is 0 Å². The zero-order valence-corrected chi connectivity index (χ0v) is 8.07. The highest BCUT2D eigenvalue weighted by molar-refractivity contribution is 7.80. The molecule has 0 aliphatic carbocycles. The lowest BCUT2D eigenvalue weighted by atomic mass is 10.1. The molecule has 0 unspecified atom stereocenters. The van der Waals surface area contributed by atoms with Crippen LogP contribution in [0.5, 0.6) is 0 Å². The third-order valence-electron chi connectivity index (χ3n) is 1.67. The zero-order valence-electron chi connectivity index (χ0n) is 7.17. The molecular formula is C11H12S. The molecule has 0 bridgehead atoms. The number of hydrogen-bond donors (Lipinski definition) is 1. The average molecular weight is 176 g/mol. The smallest absolute Gasteiger partial charge is 0.0521 e. The van der Waals surface area contributed by atoms with E-state index in [2.05, 4.69) is 55.7 Å². The molecular weight excluding hydrogens is 164 g/mol. The molecule has 0 saturated carbocycles. The number of thiol groups is 1. The highest BCUT2D eigenvalue weighted by Crippen LogP contribution is 2.03. The van der Waals surface area contributed by atoms with Gasteiger partial charge in [-0.05, 0) is 24.1 Å². The van der Waals surface area contributed by atoms with Gasteiger partial charge in [-0.1, -0.05) is 30.9 Å². The van der Waals surface area contributed by atoms with E-state index in [4.69, 9.17) is 0 Å². The SMILES string of the molecule is CCc1ccc(C#CCS)cc1. The molecule has 0 aromatic heterocycles. The molecule has 0 saturated heterocycles. The van der Waals surface area contributed by atoms with Gasteiger partial charge in [-0.25, -0.2) is 0 Å². The van der Waals surface area contributed by atoms with E-state index < -0.39 is 0 Å². The van der Waals surface area contributed by atoms with Gasteiger partial charge < -0.3 is 0 Å². The molecule has 0 spiro atoms. The summed E-state index contributed by atoms with van der Waals surface area (Å²) in [6.45, 7) is 2.15. The maximum atomic E-state index is 4.02. The Balaban J connectivity index is 2.78. The molecule has 0 atom stereocenters. The van der Waals surface area contributed by atoms with E-state index in [-0.39, 0.29) is 0 Å². The van der Waals surface area contributed by atoms with Crippen molar-refractivity contribution in [2.24, 2.45) is 0 Å². The molecule has 0 fully saturated rings. The summed E-state index contributed by atoms with van der Waals surface area (Å²) in [5.74, 6) is 6.56. The van der Waals surface area contributed by atoms with Crippen molar-refractivity contribution in [1.29, 1.82) is 0 Å². The summed E-state index contributed by atoms with van der Waals surface area (Å²) in [5, 5.41) is 0. The van der Waals surface area contributed by atoms with E-state index in [0.717, 1.165) is 12.0 Å². The average Bonchev–Trinajstić information content (AvgIpc) is 2.15. The van der Waals surface area contributed by atoms with E-state index in [1.807, 2.05) is 0 Å². The Morgan fingerprint density at radius 2 is 1.92 bits per heavy atom. The second-order valence-corrected chi connectivity index (χ2v) is 2.83. The second-order valence-electron chi connectivity index (χ2n) is 2.51. The van der Waals surface area contributed by atoms with Crippen LogP contribution in [0.4, 0.5) is 0 Å². The molecule has 0 amide bonds. The topological polar surface area (TPSA) is 0 Å². The Morgan fingerprint density at radius 3 is 2.42 bits per heavy atom. The van der Waals surface area contributed by atoms with E-state index >= 15 is 0 Å². The van der Waals surface area contributed by atoms with Gasteiger partial charge in [0.05, 0.1) is 5.75 Å². The van der Waals surface area contributed by atoms with Crippen molar-refractivity contribution < 1.29 is 0 Å². The first-order chi connectivity index (χ1) is 5.86. The van der Waals surface area contributed by atoms with Crippen molar-refractivity contribution >= 4 is 12.6 Å². The Morgan fingerprint density at radius 1 is 1.25 bits per heavy atom. The van der Waals surface area contributed by atoms with Crippen LogP contribution in [0.3, 0.4) is 0 Å². The van der Waals surface area contributed by atoms with Gasteiger partial charge in [0.25, 0.3) is 0 Å². The lowest BCUT2D eigenvalue weighted by molar-refractivity contribution is 1.14. The molecule has 62 valence electrons. The quantitative estimate of drug-likeness (QED) is 0.493. The largest absolute Gasteiger partial charge is 0.166 e. The molecule has 1 rings (SSSR count). The predicted octanol–water partition coefficient (Wildman–Crippen LogP) is 2.53. The van der Waals surface area contributed by atoms with Gasteiger partial charge in [0, 0.05) is 5.56 Å². The van der Waals surface area contributed by atoms with Crippen molar-refractivity contribution in [2.75, 3.05) is 5.75 Å². The fourth-order valence-corrected chi connectivity index (χ4v) is 1.04. The standard InChI is InChI=1S/C11H12S/c1-2-10-5-7-11(8-6-10)4-3-9-12/h5-8,12H,2,9H2,1H3. The van der Waals surface area contributed by atoms with Gasteiger partial charge in [0.15, 0.2) is 0 Å². The van der Waals surface area contributed by atoms with Gasteiger partial charge in [-0.3, -0.25) is 0 Å². The van der Waals surface area contributed by atoms with Crippen LogP contribution < -0.4 is 0 Å². The monoisotopic (exact) mass is 176 g/mol. The molecule has 1 heteroatoms. The van der Waals surface area contributed by atoms with Crippen molar-refractivity contribution in [3.63, 3.8) is 0 Å². The minimum Gasteiger partial charge on any atom is -0.166 e. The Hall–Kier alpha value is -0.870. The van der Waals surface area contributed by atoms with Crippen molar-refractivity contribution in [1.82, 2.24) is 0 Å². The van der Waals surface area contributed by atoms with Crippen LogP contribution >= 0.6 is 12.6 Å². The lowest BCUT2D eigenvalue weighted by Gasteiger charge is -1.94. The number of benzene rings is 1.